The minimum atomic E-state index is -3.58. The highest BCUT2D eigenvalue weighted by Crippen LogP contribution is 2.39. The van der Waals surface area contributed by atoms with E-state index in [9.17, 15) is 17.2 Å². The summed E-state index contributed by atoms with van der Waals surface area (Å²) in [6.45, 7) is 3.40. The lowest BCUT2D eigenvalue weighted by Crippen LogP contribution is -2.31. The summed E-state index contributed by atoms with van der Waals surface area (Å²) in [4.78, 5) is 0. The maximum atomic E-state index is 13.5. The molecule has 25 heavy (non-hydrogen) atoms. The number of fused-ring (bicyclic) bond motifs is 1. The van der Waals surface area contributed by atoms with Crippen molar-refractivity contribution in [3.63, 3.8) is 0 Å². The molecule has 0 unspecified atom stereocenters. The van der Waals surface area contributed by atoms with Crippen LogP contribution >= 0.6 is 11.3 Å². The molecule has 0 bridgehead atoms. The van der Waals surface area contributed by atoms with Gasteiger partial charge in [-0.1, -0.05) is 24.3 Å². The number of aryl methyl sites for hydroxylation is 1. The van der Waals surface area contributed by atoms with Crippen molar-refractivity contribution in [1.29, 1.82) is 0 Å². The lowest BCUT2D eigenvalue weighted by molar-refractivity contribution is 0.507. The van der Waals surface area contributed by atoms with Crippen molar-refractivity contribution in [3.8, 4) is 0 Å². The van der Waals surface area contributed by atoms with Gasteiger partial charge in [-0.3, -0.25) is 4.31 Å². The van der Waals surface area contributed by atoms with Crippen LogP contribution < -0.4 is 4.31 Å². The molecule has 0 saturated heterocycles. The van der Waals surface area contributed by atoms with Gasteiger partial charge < -0.3 is 0 Å². The molecule has 0 amide bonds. The van der Waals surface area contributed by atoms with Crippen molar-refractivity contribution in [2.45, 2.75) is 20.4 Å². The van der Waals surface area contributed by atoms with Crippen molar-refractivity contribution in [2.75, 3.05) is 10.1 Å². The van der Waals surface area contributed by atoms with Crippen LogP contribution in [0, 0.1) is 18.6 Å². The maximum absolute atomic E-state index is 13.5. The van der Waals surface area contributed by atoms with E-state index in [1.54, 1.807) is 6.92 Å². The van der Waals surface area contributed by atoms with Gasteiger partial charge in [0.2, 0.25) is 10.0 Å². The second-order valence-corrected chi connectivity index (χ2v) is 8.90. The van der Waals surface area contributed by atoms with Crippen molar-refractivity contribution < 1.29 is 17.2 Å². The Bertz CT molecular complexity index is 1030. The van der Waals surface area contributed by atoms with Crippen molar-refractivity contribution in [2.24, 2.45) is 0 Å². The Morgan fingerprint density at radius 2 is 1.80 bits per heavy atom. The smallest absolute Gasteiger partial charge is 0.235 e. The highest BCUT2D eigenvalue weighted by molar-refractivity contribution is 7.92. The third kappa shape index (κ3) is 3.39. The molecule has 0 atom stereocenters. The molecule has 7 heteroatoms. The predicted molar refractivity (Wildman–Crippen MR) is 98.6 cm³/mol. The number of sulfonamides is 1. The quantitative estimate of drug-likeness (QED) is 0.634. The van der Waals surface area contributed by atoms with Gasteiger partial charge in [-0.15, -0.1) is 11.3 Å². The van der Waals surface area contributed by atoms with Crippen LogP contribution in [-0.2, 0) is 16.6 Å². The van der Waals surface area contributed by atoms with Gasteiger partial charge in [-0.25, -0.2) is 17.2 Å². The second kappa shape index (κ2) is 6.72. The highest BCUT2D eigenvalue weighted by Gasteiger charge is 2.25. The van der Waals surface area contributed by atoms with Crippen LogP contribution in [0.1, 0.15) is 18.1 Å². The number of hydrogen-bond donors (Lipinski definition) is 0. The van der Waals surface area contributed by atoms with E-state index in [0.29, 0.717) is 10.6 Å². The first kappa shape index (κ1) is 17.8. The van der Waals surface area contributed by atoms with Crippen molar-refractivity contribution in [3.05, 3.63) is 65.2 Å². The monoisotopic (exact) mass is 381 g/mol. The molecule has 0 aliphatic heterocycles. The lowest BCUT2D eigenvalue weighted by Gasteiger charge is -2.23. The van der Waals surface area contributed by atoms with E-state index < -0.39 is 21.7 Å². The fourth-order valence-corrected chi connectivity index (χ4v) is 5.27. The van der Waals surface area contributed by atoms with E-state index in [-0.39, 0.29) is 12.3 Å². The maximum Gasteiger partial charge on any atom is 0.235 e. The van der Waals surface area contributed by atoms with Gasteiger partial charge in [0.1, 0.15) is 5.00 Å². The number of anilines is 1. The molecule has 132 valence electrons. The fraction of sp³-hybridized carbons (Fsp3) is 0.222. The van der Waals surface area contributed by atoms with E-state index in [1.165, 1.54) is 21.7 Å². The van der Waals surface area contributed by atoms with E-state index in [0.717, 1.165) is 27.8 Å². The molecule has 2 aromatic carbocycles. The first-order chi connectivity index (χ1) is 11.8. The number of thiophene rings is 1. The molecule has 1 aromatic heterocycles. The Morgan fingerprint density at radius 3 is 2.44 bits per heavy atom. The van der Waals surface area contributed by atoms with Crippen LogP contribution in [0.25, 0.3) is 10.1 Å². The standard InChI is InChI=1S/C18H17F2NO2S2/c1-3-25(22,23)21(11-13-8-9-15(19)16(20)10-13)18-12(2)14-6-4-5-7-17(14)24-18/h4-10H,3,11H2,1-2H3. The Balaban J connectivity index is 2.11. The van der Waals surface area contributed by atoms with E-state index in [4.69, 9.17) is 0 Å². The fourth-order valence-electron chi connectivity index (χ4n) is 2.66. The summed E-state index contributed by atoms with van der Waals surface area (Å²) in [6, 6.07) is 11.1. The molecular weight excluding hydrogens is 364 g/mol. The normalized spacial score (nSPS) is 11.8. The molecule has 1 heterocycles. The van der Waals surface area contributed by atoms with Crippen LogP contribution in [0.2, 0.25) is 0 Å². The molecule has 0 fully saturated rings. The van der Waals surface area contributed by atoms with Crippen molar-refractivity contribution >= 4 is 36.4 Å². The Kier molecular flexibility index (Phi) is 4.79. The Labute approximate surface area is 149 Å². The van der Waals surface area contributed by atoms with Gasteiger partial charge in [0.15, 0.2) is 11.6 Å². The largest absolute Gasteiger partial charge is 0.256 e. The second-order valence-electron chi connectivity index (χ2n) is 5.68. The third-order valence-corrected chi connectivity index (χ3v) is 7.18. The van der Waals surface area contributed by atoms with Crippen LogP contribution in [0.5, 0.6) is 0 Å². The molecule has 0 aliphatic carbocycles. The van der Waals surface area contributed by atoms with Crippen molar-refractivity contribution in [1.82, 2.24) is 0 Å². The summed E-state index contributed by atoms with van der Waals surface area (Å²) < 4.78 is 54.2. The Morgan fingerprint density at radius 1 is 1.08 bits per heavy atom. The lowest BCUT2D eigenvalue weighted by atomic mass is 10.2. The summed E-state index contributed by atoms with van der Waals surface area (Å²) in [6.07, 6.45) is 0. The van der Waals surface area contributed by atoms with E-state index in [2.05, 4.69) is 0 Å². The average Bonchev–Trinajstić information content (AvgIpc) is 2.92. The van der Waals surface area contributed by atoms with Gasteiger partial charge in [0.05, 0.1) is 12.3 Å². The zero-order chi connectivity index (χ0) is 18.2. The average molecular weight is 381 g/mol. The zero-order valence-corrected chi connectivity index (χ0v) is 15.4. The molecule has 0 saturated carbocycles. The van der Waals surface area contributed by atoms with E-state index >= 15 is 0 Å². The molecule has 0 N–H and O–H groups in total. The molecule has 3 nitrogen and oxygen atoms in total. The Hall–Kier alpha value is -1.99. The van der Waals surface area contributed by atoms with Gasteiger partial charge >= 0.3 is 0 Å². The summed E-state index contributed by atoms with van der Waals surface area (Å²) in [5.74, 6) is -2.02. The topological polar surface area (TPSA) is 37.4 Å². The molecule has 0 spiro atoms. The molecule has 0 radical (unpaired) electrons. The van der Waals surface area contributed by atoms with Gasteiger partial charge in [0.25, 0.3) is 0 Å². The number of rotatable bonds is 5. The first-order valence-electron chi connectivity index (χ1n) is 7.76. The van der Waals surface area contributed by atoms with Gasteiger partial charge in [-0.2, -0.15) is 0 Å². The molecular formula is C18H17F2NO2S2. The van der Waals surface area contributed by atoms with Crippen LogP contribution in [-0.4, -0.2) is 14.2 Å². The minimum absolute atomic E-state index is 0.0406. The minimum Gasteiger partial charge on any atom is -0.256 e. The van der Waals surface area contributed by atoms with Crippen LogP contribution in [0.4, 0.5) is 13.8 Å². The molecule has 0 aliphatic rings. The third-order valence-electron chi connectivity index (χ3n) is 4.06. The number of nitrogens with zero attached hydrogens (tertiary/aromatic N) is 1. The first-order valence-corrected chi connectivity index (χ1v) is 10.2. The molecule has 3 aromatic rings. The summed E-state index contributed by atoms with van der Waals surface area (Å²) >= 11 is 1.38. The summed E-state index contributed by atoms with van der Waals surface area (Å²) in [7, 11) is -3.58. The van der Waals surface area contributed by atoms with Crippen LogP contribution in [0.15, 0.2) is 42.5 Å². The number of hydrogen-bond acceptors (Lipinski definition) is 3. The van der Waals surface area contributed by atoms with Gasteiger partial charge in [-0.05, 0) is 48.6 Å². The SMILES string of the molecule is CCS(=O)(=O)N(Cc1ccc(F)c(F)c1)c1sc2ccccc2c1C. The zero-order valence-electron chi connectivity index (χ0n) is 13.8. The van der Waals surface area contributed by atoms with Gasteiger partial charge in [0, 0.05) is 4.70 Å². The highest BCUT2D eigenvalue weighted by atomic mass is 32.2. The summed E-state index contributed by atoms with van der Waals surface area (Å²) in [5.41, 5.74) is 1.26. The predicted octanol–water partition coefficient (Wildman–Crippen LogP) is 4.84. The molecule has 3 rings (SSSR count). The van der Waals surface area contributed by atoms with E-state index in [1.807, 2.05) is 31.2 Å². The summed E-state index contributed by atoms with van der Waals surface area (Å²) in [5, 5.41) is 1.59. The number of halogens is 2. The number of benzene rings is 2. The van der Waals surface area contributed by atoms with Crippen LogP contribution in [0.3, 0.4) is 0 Å².